The van der Waals surface area contributed by atoms with Crippen LogP contribution in [0.5, 0.6) is 0 Å². The summed E-state index contributed by atoms with van der Waals surface area (Å²) in [6.07, 6.45) is 0.360. The zero-order valence-electron chi connectivity index (χ0n) is 8.43. The Morgan fingerprint density at radius 1 is 1.40 bits per heavy atom. The van der Waals surface area contributed by atoms with Crippen molar-refractivity contribution in [3.63, 3.8) is 0 Å². The summed E-state index contributed by atoms with van der Waals surface area (Å²) in [7, 11) is 0. The minimum atomic E-state index is -1.08. The molecule has 0 aromatic heterocycles. The largest absolute Gasteiger partial charge is 0.481 e. The van der Waals surface area contributed by atoms with E-state index < -0.39 is 12.0 Å². The molecular formula is C9H16N2O4. The Labute approximate surface area is 87.7 Å². The lowest BCUT2D eigenvalue weighted by Crippen LogP contribution is -2.48. The summed E-state index contributed by atoms with van der Waals surface area (Å²) in [4.78, 5) is 23.5. The van der Waals surface area contributed by atoms with Crippen LogP contribution in [0.4, 0.5) is 0 Å². The summed E-state index contributed by atoms with van der Waals surface area (Å²) >= 11 is 0. The van der Waals surface area contributed by atoms with E-state index in [2.05, 4.69) is 0 Å². The number of aliphatic hydroxyl groups excluding tert-OH is 1. The molecule has 6 heteroatoms. The molecule has 0 aromatic carbocycles. The van der Waals surface area contributed by atoms with Crippen LogP contribution < -0.4 is 5.73 Å². The van der Waals surface area contributed by atoms with E-state index in [1.807, 2.05) is 0 Å². The van der Waals surface area contributed by atoms with E-state index in [1.165, 1.54) is 4.90 Å². The molecule has 0 spiro atoms. The molecular weight excluding hydrogens is 200 g/mol. The van der Waals surface area contributed by atoms with Crippen LogP contribution in [-0.2, 0) is 9.59 Å². The SMILES string of the molecule is NC(CC(=O)O)C(=O)N1CCC(O)CC1. The number of carbonyl (C=O) groups is 2. The number of carboxylic acids is 1. The van der Waals surface area contributed by atoms with Gasteiger partial charge in [0, 0.05) is 13.1 Å². The van der Waals surface area contributed by atoms with Crippen LogP contribution in [0.2, 0.25) is 0 Å². The fourth-order valence-corrected chi connectivity index (χ4v) is 1.60. The second-order valence-corrected chi connectivity index (χ2v) is 3.76. The molecule has 0 radical (unpaired) electrons. The molecule has 0 saturated carbocycles. The fraction of sp³-hybridized carbons (Fsp3) is 0.778. The molecule has 1 amide bonds. The zero-order chi connectivity index (χ0) is 11.4. The minimum absolute atomic E-state index is 0.343. The van der Waals surface area contributed by atoms with E-state index >= 15 is 0 Å². The number of aliphatic carboxylic acids is 1. The molecule has 1 fully saturated rings. The predicted molar refractivity (Wildman–Crippen MR) is 52.0 cm³/mol. The minimum Gasteiger partial charge on any atom is -0.481 e. The number of aliphatic hydroxyl groups is 1. The number of nitrogens with zero attached hydrogens (tertiary/aromatic N) is 1. The molecule has 1 saturated heterocycles. The molecule has 1 aliphatic heterocycles. The third kappa shape index (κ3) is 3.49. The van der Waals surface area contributed by atoms with Crippen molar-refractivity contribution >= 4 is 11.9 Å². The van der Waals surface area contributed by atoms with Gasteiger partial charge in [-0.15, -0.1) is 0 Å². The number of rotatable bonds is 3. The average Bonchev–Trinajstić information content (AvgIpc) is 2.17. The van der Waals surface area contributed by atoms with E-state index in [0.717, 1.165) is 0 Å². The Morgan fingerprint density at radius 2 is 1.93 bits per heavy atom. The number of likely N-dealkylation sites (tertiary alicyclic amines) is 1. The Morgan fingerprint density at radius 3 is 2.40 bits per heavy atom. The first kappa shape index (κ1) is 11.9. The van der Waals surface area contributed by atoms with E-state index in [1.54, 1.807) is 0 Å². The van der Waals surface area contributed by atoms with Gasteiger partial charge in [0.05, 0.1) is 18.6 Å². The maximum Gasteiger partial charge on any atom is 0.305 e. The van der Waals surface area contributed by atoms with Crippen LogP contribution in [0.25, 0.3) is 0 Å². The lowest BCUT2D eigenvalue weighted by molar-refractivity contribution is -0.142. The third-order valence-corrected chi connectivity index (χ3v) is 2.49. The maximum atomic E-state index is 11.6. The highest BCUT2D eigenvalue weighted by Crippen LogP contribution is 2.11. The maximum absolute atomic E-state index is 11.6. The molecule has 0 aliphatic carbocycles. The molecule has 1 rings (SSSR count). The van der Waals surface area contributed by atoms with Gasteiger partial charge in [-0.3, -0.25) is 9.59 Å². The average molecular weight is 216 g/mol. The van der Waals surface area contributed by atoms with Gasteiger partial charge in [0.1, 0.15) is 0 Å². The van der Waals surface area contributed by atoms with Crippen molar-refractivity contribution in [3.8, 4) is 0 Å². The normalized spacial score (nSPS) is 20.0. The Kier molecular flexibility index (Phi) is 4.05. The summed E-state index contributed by atoms with van der Waals surface area (Å²) in [6, 6.07) is -0.974. The predicted octanol–water partition coefficient (Wildman–Crippen LogP) is -1.23. The van der Waals surface area contributed by atoms with Gasteiger partial charge in [-0.25, -0.2) is 0 Å². The van der Waals surface area contributed by atoms with Crippen molar-refractivity contribution in [1.82, 2.24) is 4.90 Å². The highest BCUT2D eigenvalue weighted by atomic mass is 16.4. The lowest BCUT2D eigenvalue weighted by atomic mass is 10.1. The van der Waals surface area contributed by atoms with Gasteiger partial charge in [-0.05, 0) is 12.8 Å². The van der Waals surface area contributed by atoms with Crippen molar-refractivity contribution in [2.75, 3.05) is 13.1 Å². The van der Waals surface area contributed by atoms with E-state index in [0.29, 0.717) is 25.9 Å². The molecule has 1 atom stereocenters. The number of carboxylic acid groups (broad SMARTS) is 1. The Bertz CT molecular complexity index is 248. The van der Waals surface area contributed by atoms with Crippen molar-refractivity contribution in [1.29, 1.82) is 0 Å². The van der Waals surface area contributed by atoms with Crippen LogP contribution >= 0.6 is 0 Å². The fourth-order valence-electron chi connectivity index (χ4n) is 1.60. The van der Waals surface area contributed by atoms with E-state index in [-0.39, 0.29) is 18.4 Å². The summed E-state index contributed by atoms with van der Waals surface area (Å²) < 4.78 is 0. The molecule has 1 aliphatic rings. The number of carbonyl (C=O) groups excluding carboxylic acids is 1. The summed E-state index contributed by atoms with van der Waals surface area (Å²) in [5, 5.41) is 17.7. The standard InChI is InChI=1S/C9H16N2O4/c10-7(5-8(13)14)9(15)11-3-1-6(12)2-4-11/h6-7,12H,1-5,10H2,(H,13,14). The van der Waals surface area contributed by atoms with Gasteiger partial charge in [-0.2, -0.15) is 0 Å². The zero-order valence-corrected chi connectivity index (χ0v) is 8.43. The molecule has 0 aromatic rings. The van der Waals surface area contributed by atoms with Gasteiger partial charge in [0.2, 0.25) is 5.91 Å². The highest BCUT2D eigenvalue weighted by molar-refractivity contribution is 5.86. The monoisotopic (exact) mass is 216 g/mol. The van der Waals surface area contributed by atoms with E-state index in [4.69, 9.17) is 10.8 Å². The molecule has 86 valence electrons. The van der Waals surface area contributed by atoms with Crippen molar-refractivity contribution in [3.05, 3.63) is 0 Å². The first-order chi connectivity index (χ1) is 7.00. The summed E-state index contributed by atoms with van der Waals surface area (Å²) in [6.45, 7) is 0.903. The second-order valence-electron chi connectivity index (χ2n) is 3.76. The smallest absolute Gasteiger partial charge is 0.305 e. The topological polar surface area (TPSA) is 104 Å². The number of hydrogen-bond acceptors (Lipinski definition) is 4. The van der Waals surface area contributed by atoms with Crippen LogP contribution in [0, 0.1) is 0 Å². The number of nitrogens with two attached hydrogens (primary N) is 1. The van der Waals surface area contributed by atoms with Gasteiger partial charge in [0.15, 0.2) is 0 Å². The molecule has 15 heavy (non-hydrogen) atoms. The lowest BCUT2D eigenvalue weighted by Gasteiger charge is -2.31. The van der Waals surface area contributed by atoms with Crippen LogP contribution in [0.15, 0.2) is 0 Å². The highest BCUT2D eigenvalue weighted by Gasteiger charge is 2.26. The Balaban J connectivity index is 2.42. The van der Waals surface area contributed by atoms with Gasteiger partial charge >= 0.3 is 5.97 Å². The summed E-state index contributed by atoms with van der Waals surface area (Å²) in [5.74, 6) is -1.42. The van der Waals surface area contributed by atoms with E-state index in [9.17, 15) is 14.7 Å². The summed E-state index contributed by atoms with van der Waals surface area (Å²) in [5.41, 5.74) is 5.45. The quantitative estimate of drug-likeness (QED) is 0.548. The molecule has 0 bridgehead atoms. The number of hydrogen-bond donors (Lipinski definition) is 3. The molecule has 4 N–H and O–H groups in total. The molecule has 6 nitrogen and oxygen atoms in total. The first-order valence-corrected chi connectivity index (χ1v) is 4.95. The van der Waals surface area contributed by atoms with Crippen LogP contribution in [0.3, 0.4) is 0 Å². The van der Waals surface area contributed by atoms with Crippen LogP contribution in [-0.4, -0.2) is 52.2 Å². The van der Waals surface area contributed by atoms with Crippen molar-refractivity contribution in [2.24, 2.45) is 5.73 Å². The molecule has 1 unspecified atom stereocenters. The third-order valence-electron chi connectivity index (χ3n) is 2.49. The Hall–Kier alpha value is -1.14. The molecule has 1 heterocycles. The van der Waals surface area contributed by atoms with Gasteiger partial charge in [-0.1, -0.05) is 0 Å². The number of piperidine rings is 1. The van der Waals surface area contributed by atoms with Gasteiger partial charge < -0.3 is 20.8 Å². The first-order valence-electron chi connectivity index (χ1n) is 4.95. The van der Waals surface area contributed by atoms with Crippen LogP contribution in [0.1, 0.15) is 19.3 Å². The number of amides is 1. The second kappa shape index (κ2) is 5.09. The van der Waals surface area contributed by atoms with Gasteiger partial charge in [0.25, 0.3) is 0 Å². The van der Waals surface area contributed by atoms with Crippen molar-refractivity contribution < 1.29 is 19.8 Å². The van der Waals surface area contributed by atoms with Crippen molar-refractivity contribution in [2.45, 2.75) is 31.4 Å².